The first kappa shape index (κ1) is 12.7. The van der Waals surface area contributed by atoms with Crippen molar-refractivity contribution in [3.8, 4) is 5.75 Å². The maximum absolute atomic E-state index is 12.0. The number of carboxylic acid groups (broad SMARTS) is 1. The van der Waals surface area contributed by atoms with Crippen molar-refractivity contribution in [2.24, 2.45) is 0 Å². The molecule has 1 rings (SSSR count). The normalized spacial score (nSPS) is 10.5. The molecule has 0 heterocycles. The number of ether oxygens (including phenoxy) is 1. The third-order valence-corrected chi connectivity index (χ3v) is 2.09. The molecule has 0 bridgehead atoms. The van der Waals surface area contributed by atoms with Gasteiger partial charge in [0.15, 0.2) is 0 Å². The highest BCUT2D eigenvalue weighted by atomic mass is 35.5. The van der Waals surface area contributed by atoms with Crippen molar-refractivity contribution in [1.82, 2.24) is 0 Å². The Morgan fingerprint density at radius 1 is 1.50 bits per heavy atom. The largest absolute Gasteiger partial charge is 0.481 e. The smallest absolute Gasteiger partial charge is 0.387 e. The molecule has 0 aromatic heterocycles. The first-order chi connectivity index (χ1) is 7.49. The fourth-order valence-corrected chi connectivity index (χ4v) is 1.34. The summed E-state index contributed by atoms with van der Waals surface area (Å²) in [6.07, 6.45) is -0.0320. The SMILES string of the molecule is O=C(O)CCc1ccc(Cl)cc1OC(F)F. The molecule has 1 N–H and O–H groups in total. The lowest BCUT2D eigenvalue weighted by molar-refractivity contribution is -0.136. The van der Waals surface area contributed by atoms with E-state index in [9.17, 15) is 13.6 Å². The van der Waals surface area contributed by atoms with Gasteiger partial charge in [-0.25, -0.2) is 0 Å². The van der Waals surface area contributed by atoms with Crippen molar-refractivity contribution in [3.05, 3.63) is 28.8 Å². The minimum atomic E-state index is -2.96. The van der Waals surface area contributed by atoms with Gasteiger partial charge in [-0.3, -0.25) is 4.79 Å². The lowest BCUT2D eigenvalue weighted by atomic mass is 10.1. The maximum atomic E-state index is 12.0. The van der Waals surface area contributed by atoms with Gasteiger partial charge >= 0.3 is 12.6 Å². The highest BCUT2D eigenvalue weighted by Gasteiger charge is 2.11. The van der Waals surface area contributed by atoms with Crippen molar-refractivity contribution in [3.63, 3.8) is 0 Å². The summed E-state index contributed by atoms with van der Waals surface area (Å²) in [5.41, 5.74) is 0.395. The van der Waals surface area contributed by atoms with Crippen LogP contribution in [0.15, 0.2) is 18.2 Å². The number of carboxylic acids is 1. The third-order valence-electron chi connectivity index (χ3n) is 1.85. The molecule has 0 saturated carbocycles. The van der Waals surface area contributed by atoms with Gasteiger partial charge < -0.3 is 9.84 Å². The van der Waals surface area contributed by atoms with Crippen molar-refractivity contribution in [2.45, 2.75) is 19.5 Å². The van der Waals surface area contributed by atoms with Gasteiger partial charge in [-0.2, -0.15) is 8.78 Å². The van der Waals surface area contributed by atoms with E-state index in [1.54, 1.807) is 0 Å². The quantitative estimate of drug-likeness (QED) is 0.874. The van der Waals surface area contributed by atoms with Gasteiger partial charge in [-0.15, -0.1) is 0 Å². The van der Waals surface area contributed by atoms with E-state index in [0.29, 0.717) is 5.56 Å². The predicted octanol–water partition coefficient (Wildman–Crippen LogP) is 2.96. The number of carbonyl (C=O) groups is 1. The Bertz CT molecular complexity index is 382. The summed E-state index contributed by atoms with van der Waals surface area (Å²) in [5, 5.41) is 8.75. The molecule has 3 nitrogen and oxygen atoms in total. The van der Waals surface area contributed by atoms with Gasteiger partial charge in [0, 0.05) is 11.4 Å². The molecular weight excluding hydrogens is 242 g/mol. The van der Waals surface area contributed by atoms with E-state index >= 15 is 0 Å². The summed E-state index contributed by atoms with van der Waals surface area (Å²) >= 11 is 5.62. The number of benzene rings is 1. The molecule has 88 valence electrons. The number of aryl methyl sites for hydroxylation is 1. The van der Waals surface area contributed by atoms with Gasteiger partial charge in [0.05, 0.1) is 0 Å². The fourth-order valence-electron chi connectivity index (χ4n) is 1.18. The van der Waals surface area contributed by atoms with Crippen LogP contribution in [0, 0.1) is 0 Å². The first-order valence-corrected chi connectivity index (χ1v) is 4.82. The Hall–Kier alpha value is -1.36. The van der Waals surface area contributed by atoms with Crippen LogP contribution in [0.25, 0.3) is 0 Å². The second kappa shape index (κ2) is 5.65. The summed E-state index contributed by atoms with van der Waals surface area (Å²) in [7, 11) is 0. The lowest BCUT2D eigenvalue weighted by Gasteiger charge is -2.10. The topological polar surface area (TPSA) is 46.5 Å². The van der Waals surface area contributed by atoms with Crippen molar-refractivity contribution >= 4 is 17.6 Å². The standard InChI is InChI=1S/C10H9ClF2O3/c11-7-3-1-6(2-4-9(14)15)8(5-7)16-10(12)13/h1,3,5,10H,2,4H2,(H,14,15). The van der Waals surface area contributed by atoms with Gasteiger partial charge in [0.25, 0.3) is 0 Å². The van der Waals surface area contributed by atoms with Gasteiger partial charge in [-0.1, -0.05) is 17.7 Å². The number of alkyl halides is 2. The fraction of sp³-hybridized carbons (Fsp3) is 0.300. The Morgan fingerprint density at radius 3 is 2.75 bits per heavy atom. The molecule has 0 atom stereocenters. The molecular formula is C10H9ClF2O3. The molecule has 0 amide bonds. The molecule has 0 aliphatic heterocycles. The highest BCUT2D eigenvalue weighted by Crippen LogP contribution is 2.26. The van der Waals surface area contributed by atoms with Crippen LogP contribution in [0.4, 0.5) is 8.78 Å². The third kappa shape index (κ3) is 4.02. The van der Waals surface area contributed by atoms with E-state index in [2.05, 4.69) is 4.74 Å². The van der Waals surface area contributed by atoms with E-state index in [-0.39, 0.29) is 23.6 Å². The minimum absolute atomic E-state index is 0.0799. The molecule has 0 saturated heterocycles. The Kier molecular flexibility index (Phi) is 4.49. The molecule has 0 spiro atoms. The van der Waals surface area contributed by atoms with E-state index < -0.39 is 12.6 Å². The van der Waals surface area contributed by atoms with Crippen LogP contribution >= 0.6 is 11.6 Å². The zero-order valence-electron chi connectivity index (χ0n) is 8.12. The zero-order chi connectivity index (χ0) is 12.1. The van der Waals surface area contributed by atoms with E-state index in [1.165, 1.54) is 18.2 Å². The Labute approximate surface area is 95.6 Å². The summed E-state index contributed by atoms with van der Waals surface area (Å²) in [6, 6.07) is 4.21. The summed E-state index contributed by atoms with van der Waals surface area (Å²) in [5.74, 6) is -1.08. The number of halogens is 3. The maximum Gasteiger partial charge on any atom is 0.387 e. The van der Waals surface area contributed by atoms with Gasteiger partial charge in [-0.05, 0) is 24.1 Å². The summed E-state index contributed by atoms with van der Waals surface area (Å²) in [6.45, 7) is -2.96. The highest BCUT2D eigenvalue weighted by molar-refractivity contribution is 6.30. The number of rotatable bonds is 5. The number of hydrogen-bond acceptors (Lipinski definition) is 2. The molecule has 1 aromatic rings. The van der Waals surface area contributed by atoms with Crippen molar-refractivity contribution in [2.75, 3.05) is 0 Å². The second-order valence-corrected chi connectivity index (χ2v) is 3.46. The number of aliphatic carboxylic acids is 1. The van der Waals surface area contributed by atoms with Crippen LogP contribution in [0.5, 0.6) is 5.75 Å². The molecule has 1 aromatic carbocycles. The van der Waals surface area contributed by atoms with E-state index in [0.717, 1.165) is 0 Å². The van der Waals surface area contributed by atoms with Crippen LogP contribution in [0.2, 0.25) is 5.02 Å². The molecule has 6 heteroatoms. The van der Waals surface area contributed by atoms with E-state index in [4.69, 9.17) is 16.7 Å². The van der Waals surface area contributed by atoms with Crippen molar-refractivity contribution in [1.29, 1.82) is 0 Å². The average molecular weight is 251 g/mol. The average Bonchev–Trinajstić information content (AvgIpc) is 2.15. The molecule has 0 aliphatic carbocycles. The van der Waals surface area contributed by atoms with E-state index in [1.807, 2.05) is 0 Å². The molecule has 16 heavy (non-hydrogen) atoms. The van der Waals surface area contributed by atoms with Gasteiger partial charge in [0.1, 0.15) is 5.75 Å². The van der Waals surface area contributed by atoms with Crippen LogP contribution in [-0.2, 0) is 11.2 Å². The zero-order valence-corrected chi connectivity index (χ0v) is 8.88. The van der Waals surface area contributed by atoms with Crippen LogP contribution in [0.3, 0.4) is 0 Å². The number of hydrogen-bond donors (Lipinski definition) is 1. The van der Waals surface area contributed by atoms with Gasteiger partial charge in [0.2, 0.25) is 0 Å². The Balaban J connectivity index is 2.84. The predicted molar refractivity (Wildman–Crippen MR) is 54.0 cm³/mol. The van der Waals surface area contributed by atoms with Crippen molar-refractivity contribution < 1.29 is 23.4 Å². The Morgan fingerprint density at radius 2 is 2.19 bits per heavy atom. The molecule has 0 radical (unpaired) electrons. The minimum Gasteiger partial charge on any atom is -0.481 e. The summed E-state index contributed by atoms with van der Waals surface area (Å²) < 4.78 is 28.3. The lowest BCUT2D eigenvalue weighted by Crippen LogP contribution is -2.06. The van der Waals surface area contributed by atoms with Crippen LogP contribution in [-0.4, -0.2) is 17.7 Å². The molecule has 0 aliphatic rings. The molecule has 0 unspecified atom stereocenters. The summed E-state index contributed by atoms with van der Waals surface area (Å²) in [4.78, 5) is 10.4. The van der Waals surface area contributed by atoms with Crippen LogP contribution < -0.4 is 4.74 Å². The molecule has 0 fully saturated rings. The van der Waals surface area contributed by atoms with Crippen LogP contribution in [0.1, 0.15) is 12.0 Å². The second-order valence-electron chi connectivity index (χ2n) is 3.02. The first-order valence-electron chi connectivity index (χ1n) is 4.44. The monoisotopic (exact) mass is 250 g/mol.